The molecule has 15 heteroatoms. The Morgan fingerprint density at radius 2 is 0.984 bits per heavy atom. The molecular weight excluding hydrogens is 843 g/mol. The van der Waals surface area contributed by atoms with Crippen molar-refractivity contribution in [3.8, 4) is 0 Å². The van der Waals surface area contributed by atoms with Gasteiger partial charge in [-0.2, -0.15) is 0 Å². The zero-order valence-electron chi connectivity index (χ0n) is 38.5. The van der Waals surface area contributed by atoms with Gasteiger partial charge < -0.3 is 39.9 Å². The normalized spacial score (nSPS) is 22.1. The number of aliphatic hydroxyl groups is 5. The topological polar surface area (TPSA) is 227 Å². The minimum atomic E-state index is -5.16. The number of phosphoric ester groups is 1. The number of unbranched alkanes of at least 4 members (excludes halogenated alkanes) is 13. The van der Waals surface area contributed by atoms with E-state index in [2.05, 4.69) is 68.5 Å². The highest BCUT2D eigenvalue weighted by atomic mass is 31.2. The van der Waals surface area contributed by atoms with Gasteiger partial charge in [0, 0.05) is 19.3 Å². The van der Waals surface area contributed by atoms with E-state index in [4.69, 9.17) is 18.5 Å². The number of carbonyl (C=O) groups excluding carboxylic acids is 3. The third-order valence-electron chi connectivity index (χ3n) is 10.5. The Hall–Kier alpha value is -3.04. The molecule has 0 aliphatic heterocycles. The van der Waals surface area contributed by atoms with Gasteiger partial charge in [-0.25, -0.2) is 4.57 Å². The van der Waals surface area contributed by atoms with Crippen molar-refractivity contribution in [1.29, 1.82) is 0 Å². The van der Waals surface area contributed by atoms with Gasteiger partial charge in [0.1, 0.15) is 43.2 Å². The van der Waals surface area contributed by atoms with E-state index in [0.717, 1.165) is 83.5 Å². The molecule has 366 valence electrons. The number of ether oxygens (including phenoxy) is 2. The summed E-state index contributed by atoms with van der Waals surface area (Å²) in [5.74, 6) is -1.16. The second-order valence-corrected chi connectivity index (χ2v) is 17.7. The Kier molecular flexibility index (Phi) is 35.1. The molecule has 0 spiro atoms. The highest BCUT2D eigenvalue weighted by Gasteiger charge is 2.51. The summed E-state index contributed by atoms with van der Waals surface area (Å²) in [5, 5.41) is 50.2. The minimum absolute atomic E-state index is 0.0307. The van der Waals surface area contributed by atoms with E-state index in [1.54, 1.807) is 12.2 Å². The van der Waals surface area contributed by atoms with Crippen LogP contribution < -0.4 is 0 Å². The molecule has 1 fully saturated rings. The Labute approximate surface area is 382 Å². The molecule has 0 radical (unpaired) electrons. The van der Waals surface area contributed by atoms with Gasteiger partial charge in [0.25, 0.3) is 0 Å². The van der Waals surface area contributed by atoms with Gasteiger partial charge in [-0.1, -0.05) is 132 Å². The number of rotatable bonds is 38. The first-order valence-electron chi connectivity index (χ1n) is 23.7. The maximum absolute atomic E-state index is 12.8. The molecule has 0 aromatic rings. The van der Waals surface area contributed by atoms with Crippen molar-refractivity contribution >= 4 is 25.5 Å². The number of esters is 2. The van der Waals surface area contributed by atoms with Crippen LogP contribution in [0.1, 0.15) is 162 Å². The summed E-state index contributed by atoms with van der Waals surface area (Å²) in [5.41, 5.74) is 0. The van der Waals surface area contributed by atoms with Gasteiger partial charge in [0.05, 0.1) is 6.61 Å². The Morgan fingerprint density at radius 1 is 0.531 bits per heavy atom. The van der Waals surface area contributed by atoms with Gasteiger partial charge in [0.15, 0.2) is 11.9 Å². The summed E-state index contributed by atoms with van der Waals surface area (Å²) in [6.45, 7) is 3.08. The molecule has 64 heavy (non-hydrogen) atoms. The Morgan fingerprint density at radius 3 is 1.55 bits per heavy atom. The zero-order chi connectivity index (χ0) is 47.3. The summed E-state index contributed by atoms with van der Waals surface area (Å²) in [4.78, 5) is 47.8. The molecule has 0 saturated heterocycles. The van der Waals surface area contributed by atoms with E-state index in [-0.39, 0.29) is 18.6 Å². The fraction of sp³-hybridized carbons (Fsp3) is 0.694. The number of carbonyl (C=O) groups is 3. The van der Waals surface area contributed by atoms with Crippen molar-refractivity contribution in [2.24, 2.45) is 0 Å². The van der Waals surface area contributed by atoms with Crippen LogP contribution in [0.25, 0.3) is 0 Å². The van der Waals surface area contributed by atoms with Crippen molar-refractivity contribution < 1.29 is 67.9 Å². The summed E-state index contributed by atoms with van der Waals surface area (Å²) in [6.07, 6.45) is 30.5. The molecule has 1 aliphatic rings. The van der Waals surface area contributed by atoms with Crippen LogP contribution in [0.4, 0.5) is 0 Å². The van der Waals surface area contributed by atoms with E-state index in [0.29, 0.717) is 19.3 Å². The second-order valence-electron chi connectivity index (χ2n) is 16.3. The van der Waals surface area contributed by atoms with Gasteiger partial charge in [0.2, 0.25) is 0 Å². The minimum Gasteiger partial charge on any atom is -0.462 e. The predicted octanol–water partition coefficient (Wildman–Crippen LogP) is 8.68. The van der Waals surface area contributed by atoms with Crippen LogP contribution >= 0.6 is 7.82 Å². The third kappa shape index (κ3) is 30.2. The molecule has 0 aromatic carbocycles. The molecule has 0 heterocycles. The first-order valence-corrected chi connectivity index (χ1v) is 25.2. The fourth-order valence-electron chi connectivity index (χ4n) is 6.60. The Bertz CT molecular complexity index is 1460. The molecular formula is C49H81O14P. The highest BCUT2D eigenvalue weighted by molar-refractivity contribution is 7.47. The van der Waals surface area contributed by atoms with E-state index < -0.39 is 75.7 Å². The molecule has 0 amide bonds. The molecule has 1 aliphatic carbocycles. The lowest BCUT2D eigenvalue weighted by Crippen LogP contribution is -2.64. The maximum atomic E-state index is 12.8. The van der Waals surface area contributed by atoms with Crippen LogP contribution in [0, 0.1) is 0 Å². The average Bonchev–Trinajstić information content (AvgIpc) is 3.27. The highest BCUT2D eigenvalue weighted by Crippen LogP contribution is 2.47. The largest absolute Gasteiger partial charge is 0.472 e. The average molecular weight is 925 g/mol. The molecule has 0 bridgehead atoms. The van der Waals surface area contributed by atoms with Crippen molar-refractivity contribution in [3.63, 3.8) is 0 Å². The lowest BCUT2D eigenvalue weighted by molar-refractivity contribution is -0.220. The smallest absolute Gasteiger partial charge is 0.462 e. The number of ketones is 1. The molecule has 1 saturated carbocycles. The van der Waals surface area contributed by atoms with Crippen LogP contribution in [0.5, 0.6) is 0 Å². The molecule has 0 aromatic heterocycles. The second kappa shape index (κ2) is 38.1. The quantitative estimate of drug-likeness (QED) is 0.00851. The van der Waals surface area contributed by atoms with Crippen LogP contribution in [0.3, 0.4) is 0 Å². The molecule has 8 atom stereocenters. The van der Waals surface area contributed by atoms with E-state index >= 15 is 0 Å². The van der Waals surface area contributed by atoms with Gasteiger partial charge in [-0.05, 0) is 83.1 Å². The SMILES string of the molecule is CCCCC/C=C\C=C\C(=O)CCCCCCCC(=O)OC[C@H](COP(=O)(O)OC1[C@H](O)[C@H](O)C(O)[C@H](O)[C@H]1O)OC(=O)CCCCC/C=C\C/C=C\C/C=C\C/C=C\CCCCC. The van der Waals surface area contributed by atoms with Crippen LogP contribution in [0.15, 0.2) is 72.9 Å². The van der Waals surface area contributed by atoms with Gasteiger partial charge in [-0.3, -0.25) is 23.4 Å². The number of aliphatic hydroxyl groups excluding tert-OH is 5. The number of hydrogen-bond donors (Lipinski definition) is 6. The van der Waals surface area contributed by atoms with Crippen molar-refractivity contribution in [2.45, 2.75) is 204 Å². The maximum Gasteiger partial charge on any atom is 0.472 e. The van der Waals surface area contributed by atoms with Crippen LogP contribution in [-0.4, -0.2) is 104 Å². The molecule has 14 nitrogen and oxygen atoms in total. The monoisotopic (exact) mass is 925 g/mol. The number of allylic oxidation sites excluding steroid dienone is 12. The summed E-state index contributed by atoms with van der Waals surface area (Å²) in [7, 11) is -5.16. The zero-order valence-corrected chi connectivity index (χ0v) is 39.4. The lowest BCUT2D eigenvalue weighted by Gasteiger charge is -2.41. The fourth-order valence-corrected chi connectivity index (χ4v) is 7.58. The van der Waals surface area contributed by atoms with Crippen LogP contribution in [-0.2, 0) is 37.5 Å². The summed E-state index contributed by atoms with van der Waals surface area (Å²) < 4.78 is 33.4. The lowest BCUT2D eigenvalue weighted by atomic mass is 9.85. The van der Waals surface area contributed by atoms with Crippen molar-refractivity contribution in [2.75, 3.05) is 13.2 Å². The number of hydrogen-bond acceptors (Lipinski definition) is 13. The van der Waals surface area contributed by atoms with E-state index in [1.807, 2.05) is 6.08 Å². The molecule has 6 N–H and O–H groups in total. The first kappa shape index (κ1) is 59.0. The van der Waals surface area contributed by atoms with Crippen LogP contribution in [0.2, 0.25) is 0 Å². The third-order valence-corrected chi connectivity index (χ3v) is 11.5. The standard InChI is InChI=1S/C49H81O14P/c1-3-5-7-9-11-12-13-14-15-16-17-18-19-20-21-22-24-28-33-37-43(52)62-41(39-61-64(58,59)63-49-47(56)45(54)44(53)46(55)48(49)57)38-60-42(51)36-32-29-25-27-31-35-40(50)34-30-26-23-10-8-6-4-2/h11-12,14-15,17-18,20-21,23,26,30,34,41,44-49,53-57H,3-10,13,16,19,22,24-25,27-29,31-33,35-39H2,1-2H3,(H,58,59)/b12-11-,15-14-,18-17-,21-20-,26-23-,34-30+/t41-,44?,45-,46+,47-,48-,49?/m1/s1. The number of phosphoric acid groups is 1. The van der Waals surface area contributed by atoms with E-state index in [1.165, 1.54) is 32.1 Å². The summed E-state index contributed by atoms with van der Waals surface area (Å²) >= 11 is 0. The molecule has 1 rings (SSSR count). The van der Waals surface area contributed by atoms with Crippen molar-refractivity contribution in [1.82, 2.24) is 0 Å². The van der Waals surface area contributed by atoms with Crippen molar-refractivity contribution in [3.05, 3.63) is 72.9 Å². The summed E-state index contributed by atoms with van der Waals surface area (Å²) in [6, 6.07) is 0. The molecule has 3 unspecified atom stereocenters. The van der Waals surface area contributed by atoms with Gasteiger partial charge >= 0.3 is 19.8 Å². The van der Waals surface area contributed by atoms with Gasteiger partial charge in [-0.15, -0.1) is 0 Å². The first-order chi connectivity index (χ1) is 30.8. The van der Waals surface area contributed by atoms with E-state index in [9.17, 15) is 49.4 Å². The Balaban J connectivity index is 2.52. The predicted molar refractivity (Wildman–Crippen MR) is 249 cm³/mol.